The molecule has 3 N–H and O–H groups in total. The molecule has 0 spiro atoms. The summed E-state index contributed by atoms with van der Waals surface area (Å²) in [6.07, 6.45) is 8.16. The standard InChI is InChI=1S/C28H24FN5O2/c1-16-12-21(15-30-14-16)31-26(35)18-4-2-17(3-5-18)25-33-23-10-11-28(13-22(28)24(23)34-25)27(36)32-20-8-6-19(29)7-9-20/h2-12,15-16,22H,13-14H2,1H3,(H,31,35)(H,32,36)(H,33,34). The van der Waals surface area contributed by atoms with Crippen LogP contribution in [0.5, 0.6) is 0 Å². The maximum Gasteiger partial charge on any atom is 0.255 e. The van der Waals surface area contributed by atoms with Crippen LogP contribution in [0.4, 0.5) is 10.1 Å². The number of benzene rings is 2. The fraction of sp³-hybridized carbons (Fsp3) is 0.214. The summed E-state index contributed by atoms with van der Waals surface area (Å²) in [6, 6.07) is 13.0. The van der Waals surface area contributed by atoms with Gasteiger partial charge in [0.25, 0.3) is 5.91 Å². The number of imidazole rings is 1. The zero-order valence-electron chi connectivity index (χ0n) is 19.6. The van der Waals surface area contributed by atoms with Gasteiger partial charge in [-0.1, -0.05) is 31.2 Å². The van der Waals surface area contributed by atoms with Crippen molar-refractivity contribution in [2.24, 2.45) is 16.3 Å². The minimum atomic E-state index is -0.623. The number of aromatic nitrogens is 2. The lowest BCUT2D eigenvalue weighted by Crippen LogP contribution is -2.25. The topological polar surface area (TPSA) is 99.2 Å². The van der Waals surface area contributed by atoms with E-state index in [0.717, 1.165) is 23.5 Å². The minimum absolute atomic E-state index is 0.0112. The first-order valence-corrected chi connectivity index (χ1v) is 11.9. The Labute approximate surface area is 207 Å². The molecule has 0 radical (unpaired) electrons. The molecule has 36 heavy (non-hydrogen) atoms. The number of allylic oxidation sites excluding steroid dienone is 1. The lowest BCUT2D eigenvalue weighted by Gasteiger charge is -2.16. The number of aliphatic imine (C=N–C) groups is 1. The van der Waals surface area contributed by atoms with Crippen molar-refractivity contribution in [3.05, 3.63) is 89.1 Å². The van der Waals surface area contributed by atoms with Crippen molar-refractivity contribution < 1.29 is 14.0 Å². The highest BCUT2D eigenvalue weighted by Gasteiger charge is 2.61. The van der Waals surface area contributed by atoms with Crippen LogP contribution >= 0.6 is 0 Å². The molecule has 2 heterocycles. The second-order valence-electron chi connectivity index (χ2n) is 9.60. The summed E-state index contributed by atoms with van der Waals surface area (Å²) < 4.78 is 13.2. The van der Waals surface area contributed by atoms with E-state index in [4.69, 9.17) is 4.98 Å². The Morgan fingerprint density at radius 3 is 2.61 bits per heavy atom. The number of fused-ring (bicyclic) bond motifs is 3. The number of nitrogens with one attached hydrogen (secondary N) is 3. The second-order valence-corrected chi connectivity index (χ2v) is 9.60. The number of rotatable bonds is 5. The molecule has 8 heteroatoms. The van der Waals surface area contributed by atoms with Crippen molar-refractivity contribution in [3.63, 3.8) is 0 Å². The van der Waals surface area contributed by atoms with E-state index in [-0.39, 0.29) is 23.5 Å². The third-order valence-electron chi connectivity index (χ3n) is 6.94. The molecule has 2 aliphatic carbocycles. The van der Waals surface area contributed by atoms with Crippen molar-refractivity contribution in [1.29, 1.82) is 0 Å². The van der Waals surface area contributed by atoms with Crippen LogP contribution in [-0.4, -0.2) is 34.5 Å². The predicted molar refractivity (Wildman–Crippen MR) is 136 cm³/mol. The third kappa shape index (κ3) is 3.94. The number of carbonyl (C=O) groups is 2. The number of hydrogen-bond acceptors (Lipinski definition) is 4. The molecule has 6 rings (SSSR count). The van der Waals surface area contributed by atoms with Gasteiger partial charge in [0.2, 0.25) is 5.91 Å². The van der Waals surface area contributed by atoms with Crippen LogP contribution in [0.25, 0.3) is 17.5 Å². The first-order valence-electron chi connectivity index (χ1n) is 11.9. The molecule has 2 amide bonds. The van der Waals surface area contributed by atoms with Crippen LogP contribution in [0.3, 0.4) is 0 Å². The van der Waals surface area contributed by atoms with Gasteiger partial charge in [0, 0.05) is 41.2 Å². The van der Waals surface area contributed by atoms with Gasteiger partial charge in [0.05, 0.1) is 16.8 Å². The van der Waals surface area contributed by atoms with Gasteiger partial charge in [0.1, 0.15) is 11.6 Å². The largest absolute Gasteiger partial charge is 0.341 e. The maximum atomic E-state index is 13.2. The van der Waals surface area contributed by atoms with Crippen LogP contribution in [-0.2, 0) is 4.79 Å². The number of nitrogens with zero attached hydrogens (tertiary/aromatic N) is 2. The molecule has 0 saturated heterocycles. The second kappa shape index (κ2) is 8.41. The molecule has 7 nitrogen and oxygen atoms in total. The molecule has 0 bridgehead atoms. The van der Waals surface area contributed by atoms with Gasteiger partial charge >= 0.3 is 0 Å². The normalized spacial score (nSPS) is 23.3. The highest BCUT2D eigenvalue weighted by molar-refractivity contribution is 6.01. The van der Waals surface area contributed by atoms with Crippen LogP contribution in [0.1, 0.15) is 41.0 Å². The zero-order valence-corrected chi connectivity index (χ0v) is 19.6. The summed E-state index contributed by atoms with van der Waals surface area (Å²) in [5.41, 5.74) is 3.80. The van der Waals surface area contributed by atoms with Gasteiger partial charge in [-0.3, -0.25) is 14.6 Å². The molecule has 1 aromatic heterocycles. The zero-order chi connectivity index (χ0) is 24.9. The quantitative estimate of drug-likeness (QED) is 0.493. The van der Waals surface area contributed by atoms with E-state index in [9.17, 15) is 14.0 Å². The summed E-state index contributed by atoms with van der Waals surface area (Å²) in [4.78, 5) is 38.0. The van der Waals surface area contributed by atoms with Crippen molar-refractivity contribution >= 4 is 29.8 Å². The van der Waals surface area contributed by atoms with Crippen LogP contribution in [0.2, 0.25) is 0 Å². The Morgan fingerprint density at radius 2 is 1.86 bits per heavy atom. The fourth-order valence-electron chi connectivity index (χ4n) is 4.86. The van der Waals surface area contributed by atoms with Crippen molar-refractivity contribution in [2.45, 2.75) is 19.3 Å². The van der Waals surface area contributed by atoms with E-state index in [1.807, 2.05) is 30.4 Å². The molecule has 180 valence electrons. The average molecular weight is 482 g/mol. The monoisotopic (exact) mass is 481 g/mol. The number of anilines is 1. The number of amides is 2. The summed E-state index contributed by atoms with van der Waals surface area (Å²) >= 11 is 0. The number of hydrogen-bond donors (Lipinski definition) is 3. The average Bonchev–Trinajstić information content (AvgIpc) is 3.49. The Morgan fingerprint density at radius 1 is 1.08 bits per heavy atom. The minimum Gasteiger partial charge on any atom is -0.341 e. The molecular weight excluding hydrogens is 457 g/mol. The molecule has 3 aromatic rings. The Bertz CT molecular complexity index is 1450. The number of carbonyl (C=O) groups excluding carboxylic acids is 2. The lowest BCUT2D eigenvalue weighted by atomic mass is 9.94. The lowest BCUT2D eigenvalue weighted by molar-refractivity contribution is -0.119. The molecule has 1 fully saturated rings. The molecule has 3 atom stereocenters. The summed E-state index contributed by atoms with van der Waals surface area (Å²) in [5.74, 6) is 0.351. The SMILES string of the molecule is CC1C=C(NC(=O)c2ccc(-c3nc4c([nH]3)C3CC3(C(=O)Nc3ccc(F)cc3)C=C4)cc2)C=NC1. The van der Waals surface area contributed by atoms with Crippen molar-refractivity contribution in [1.82, 2.24) is 15.3 Å². The van der Waals surface area contributed by atoms with Crippen LogP contribution < -0.4 is 10.6 Å². The fourth-order valence-corrected chi connectivity index (χ4v) is 4.86. The maximum absolute atomic E-state index is 13.2. The molecule has 3 unspecified atom stereocenters. The first kappa shape index (κ1) is 22.2. The van der Waals surface area contributed by atoms with E-state index in [1.54, 1.807) is 30.5 Å². The van der Waals surface area contributed by atoms with Gasteiger partial charge in [0.15, 0.2) is 0 Å². The molecule has 3 aliphatic rings. The number of halogens is 1. The first-order chi connectivity index (χ1) is 17.4. The van der Waals surface area contributed by atoms with E-state index < -0.39 is 5.41 Å². The Hall–Kier alpha value is -4.33. The molecule has 2 aromatic carbocycles. The highest BCUT2D eigenvalue weighted by atomic mass is 19.1. The Kier molecular flexibility index (Phi) is 5.17. The molecular formula is C28H24FN5O2. The van der Waals surface area contributed by atoms with Gasteiger partial charge in [-0.25, -0.2) is 9.37 Å². The molecule has 1 saturated carbocycles. The van der Waals surface area contributed by atoms with Crippen LogP contribution in [0.15, 0.2) is 71.4 Å². The van der Waals surface area contributed by atoms with E-state index in [0.29, 0.717) is 35.1 Å². The Balaban J connectivity index is 1.16. The van der Waals surface area contributed by atoms with Crippen molar-refractivity contribution in [3.8, 4) is 11.4 Å². The summed E-state index contributed by atoms with van der Waals surface area (Å²) in [6.45, 7) is 2.79. The van der Waals surface area contributed by atoms with E-state index >= 15 is 0 Å². The smallest absolute Gasteiger partial charge is 0.255 e. The number of H-pyrrole nitrogens is 1. The number of aromatic amines is 1. The van der Waals surface area contributed by atoms with E-state index in [1.165, 1.54) is 12.1 Å². The van der Waals surface area contributed by atoms with Crippen molar-refractivity contribution in [2.75, 3.05) is 11.9 Å². The predicted octanol–water partition coefficient (Wildman–Crippen LogP) is 4.69. The number of dihydropyridines is 1. The van der Waals surface area contributed by atoms with Gasteiger partial charge in [-0.15, -0.1) is 0 Å². The summed E-state index contributed by atoms with van der Waals surface area (Å²) in [7, 11) is 0. The van der Waals surface area contributed by atoms with E-state index in [2.05, 4.69) is 27.5 Å². The van der Waals surface area contributed by atoms with Gasteiger partial charge in [-0.2, -0.15) is 0 Å². The molecule has 1 aliphatic heterocycles. The summed E-state index contributed by atoms with van der Waals surface area (Å²) in [5, 5.41) is 5.79. The van der Waals surface area contributed by atoms with Gasteiger partial charge < -0.3 is 15.6 Å². The highest BCUT2D eigenvalue weighted by Crippen LogP contribution is 2.63. The van der Waals surface area contributed by atoms with Crippen LogP contribution in [0, 0.1) is 17.2 Å². The third-order valence-corrected chi connectivity index (χ3v) is 6.94. The van der Waals surface area contributed by atoms with Gasteiger partial charge in [-0.05, 0) is 54.8 Å².